The predicted molar refractivity (Wildman–Crippen MR) is 108 cm³/mol. The van der Waals surface area contributed by atoms with Crippen LogP contribution >= 0.6 is 0 Å². The van der Waals surface area contributed by atoms with E-state index < -0.39 is 35.7 Å². The molecule has 0 spiro atoms. The molecule has 1 amide bonds. The number of alkyl carbamates (subject to hydrolysis) is 1. The fraction of sp³-hybridized carbons (Fsp3) is 0.667. The molecule has 1 unspecified atom stereocenters. The van der Waals surface area contributed by atoms with Gasteiger partial charge < -0.3 is 19.4 Å². The van der Waals surface area contributed by atoms with Crippen LogP contribution in [-0.2, 0) is 26.1 Å². The minimum Gasteiger partial charge on any atom is -0.444 e. The number of halogens is 1. The first kappa shape index (κ1) is 21.1. The van der Waals surface area contributed by atoms with E-state index in [0.29, 0.717) is 18.4 Å². The van der Waals surface area contributed by atoms with Gasteiger partial charge in [0.1, 0.15) is 5.60 Å². The first-order valence-corrected chi connectivity index (χ1v) is 9.87. The number of amides is 1. The molecule has 0 bridgehead atoms. The van der Waals surface area contributed by atoms with Crippen LogP contribution in [0.4, 0.5) is 9.18 Å². The number of hydrogen-bond donors (Lipinski definition) is 1. The zero-order valence-corrected chi connectivity index (χ0v) is 17.9. The van der Waals surface area contributed by atoms with Gasteiger partial charge in [-0.1, -0.05) is 18.2 Å². The molecule has 1 aliphatic carbocycles. The lowest BCUT2D eigenvalue weighted by atomic mass is 9.77. The van der Waals surface area contributed by atoms with Gasteiger partial charge in [0, 0.05) is 0 Å². The van der Waals surface area contributed by atoms with Crippen LogP contribution in [0.25, 0.3) is 0 Å². The van der Waals surface area contributed by atoms with Crippen LogP contribution < -0.4 is 10.8 Å². The summed E-state index contributed by atoms with van der Waals surface area (Å²) in [4.78, 5) is 11.9. The van der Waals surface area contributed by atoms with Gasteiger partial charge in [-0.2, -0.15) is 0 Å². The van der Waals surface area contributed by atoms with Crippen molar-refractivity contribution in [3.63, 3.8) is 0 Å². The van der Waals surface area contributed by atoms with Crippen LogP contribution in [0.5, 0.6) is 0 Å². The molecule has 1 heterocycles. The highest BCUT2D eigenvalue weighted by atomic mass is 19.1. The zero-order valence-electron chi connectivity index (χ0n) is 17.9. The Bertz CT molecular complexity index is 758. The molecular weight excluding hydrogens is 360 g/mol. The normalized spacial score (nSPS) is 25.5. The number of aryl methyl sites for hydroxylation is 1. The summed E-state index contributed by atoms with van der Waals surface area (Å²) in [6.07, 6.45) is 0.326. The molecule has 1 aromatic rings. The van der Waals surface area contributed by atoms with Crippen molar-refractivity contribution in [2.75, 3.05) is 6.54 Å². The van der Waals surface area contributed by atoms with Gasteiger partial charge in [0.15, 0.2) is 5.67 Å². The third kappa shape index (κ3) is 4.06. The minimum atomic E-state index is -1.60. The van der Waals surface area contributed by atoms with Gasteiger partial charge in [0.2, 0.25) is 0 Å². The summed E-state index contributed by atoms with van der Waals surface area (Å²) in [5, 5.41) is 2.57. The van der Waals surface area contributed by atoms with Crippen molar-refractivity contribution in [1.82, 2.24) is 5.32 Å². The van der Waals surface area contributed by atoms with Crippen molar-refractivity contribution in [1.29, 1.82) is 0 Å². The van der Waals surface area contributed by atoms with E-state index in [1.165, 1.54) is 0 Å². The molecule has 0 saturated carbocycles. The summed E-state index contributed by atoms with van der Waals surface area (Å²) >= 11 is 0. The van der Waals surface area contributed by atoms with E-state index in [1.54, 1.807) is 26.8 Å². The molecule has 1 aromatic carbocycles. The fourth-order valence-corrected chi connectivity index (χ4v) is 3.56. The lowest BCUT2D eigenvalue weighted by molar-refractivity contribution is 0.00578. The molecule has 28 heavy (non-hydrogen) atoms. The SMILES string of the molecule is CC(C)(C)OC(=O)NCC1(F)CCc2cc(B3OC(C)(C)C(C)(C)O3)ccc21. The number of benzene rings is 1. The lowest BCUT2D eigenvalue weighted by Gasteiger charge is -2.32. The maximum absolute atomic E-state index is 15.5. The Morgan fingerprint density at radius 1 is 1.21 bits per heavy atom. The fourth-order valence-electron chi connectivity index (χ4n) is 3.56. The van der Waals surface area contributed by atoms with Crippen molar-refractivity contribution >= 4 is 18.7 Å². The molecule has 0 radical (unpaired) electrons. The van der Waals surface area contributed by atoms with Gasteiger partial charge >= 0.3 is 13.2 Å². The van der Waals surface area contributed by atoms with Crippen LogP contribution in [-0.4, -0.2) is 36.6 Å². The average Bonchev–Trinajstić information content (AvgIpc) is 2.98. The largest absolute Gasteiger partial charge is 0.494 e. The molecule has 3 rings (SSSR count). The summed E-state index contributed by atoms with van der Waals surface area (Å²) < 4.78 is 32.9. The predicted octanol–water partition coefficient (Wildman–Crippen LogP) is 3.62. The van der Waals surface area contributed by atoms with Gasteiger partial charge in [-0.05, 0) is 77.9 Å². The van der Waals surface area contributed by atoms with Gasteiger partial charge in [0.05, 0.1) is 17.7 Å². The summed E-state index contributed by atoms with van der Waals surface area (Å²) in [5.41, 5.74) is -0.610. The summed E-state index contributed by atoms with van der Waals surface area (Å²) in [5.74, 6) is 0. The second-order valence-electron chi connectivity index (χ2n) is 9.83. The van der Waals surface area contributed by atoms with Gasteiger partial charge in [-0.3, -0.25) is 0 Å². The Kier molecular flexibility index (Phi) is 5.08. The van der Waals surface area contributed by atoms with E-state index >= 15 is 4.39 Å². The van der Waals surface area contributed by atoms with E-state index in [0.717, 1.165) is 11.0 Å². The van der Waals surface area contributed by atoms with Crippen LogP contribution in [0.2, 0.25) is 0 Å². The van der Waals surface area contributed by atoms with Crippen LogP contribution in [0, 0.1) is 0 Å². The molecule has 1 fully saturated rings. The number of carbonyl (C=O) groups is 1. The van der Waals surface area contributed by atoms with E-state index in [1.807, 2.05) is 39.8 Å². The number of ether oxygens (including phenoxy) is 1. The zero-order chi connectivity index (χ0) is 21.0. The van der Waals surface area contributed by atoms with Crippen LogP contribution in [0.15, 0.2) is 18.2 Å². The third-order valence-corrected chi connectivity index (χ3v) is 5.84. The number of alkyl halides is 1. The smallest absolute Gasteiger partial charge is 0.444 e. The Morgan fingerprint density at radius 3 is 2.39 bits per heavy atom. The van der Waals surface area contributed by atoms with Gasteiger partial charge in [0.25, 0.3) is 0 Å². The summed E-state index contributed by atoms with van der Waals surface area (Å²) in [6, 6.07) is 5.61. The summed E-state index contributed by atoms with van der Waals surface area (Å²) in [7, 11) is -0.468. The number of hydrogen-bond acceptors (Lipinski definition) is 4. The minimum absolute atomic E-state index is 0.106. The molecule has 7 heteroatoms. The molecule has 1 saturated heterocycles. The average molecular weight is 391 g/mol. The Hall–Kier alpha value is -1.60. The molecule has 5 nitrogen and oxygen atoms in total. The molecule has 154 valence electrons. The maximum atomic E-state index is 15.5. The van der Waals surface area contributed by atoms with Crippen molar-refractivity contribution < 1.29 is 23.2 Å². The van der Waals surface area contributed by atoms with Gasteiger partial charge in [-0.15, -0.1) is 0 Å². The van der Waals surface area contributed by atoms with Crippen molar-refractivity contribution in [2.45, 2.75) is 83.8 Å². The summed E-state index contributed by atoms with van der Waals surface area (Å²) in [6.45, 7) is 13.3. The van der Waals surface area contributed by atoms with Crippen molar-refractivity contribution in [3.05, 3.63) is 29.3 Å². The molecular formula is C21H31BFNO4. The maximum Gasteiger partial charge on any atom is 0.494 e. The van der Waals surface area contributed by atoms with Crippen molar-refractivity contribution in [2.24, 2.45) is 0 Å². The number of fused-ring (bicyclic) bond motifs is 1. The molecule has 1 N–H and O–H groups in total. The number of carbonyl (C=O) groups excluding carboxylic acids is 1. The Morgan fingerprint density at radius 2 is 1.82 bits per heavy atom. The van der Waals surface area contributed by atoms with Gasteiger partial charge in [-0.25, -0.2) is 9.18 Å². The molecule has 1 atom stereocenters. The quantitative estimate of drug-likeness (QED) is 0.800. The lowest BCUT2D eigenvalue weighted by Crippen LogP contribution is -2.41. The first-order chi connectivity index (χ1) is 12.7. The Balaban J connectivity index is 1.72. The first-order valence-electron chi connectivity index (χ1n) is 9.87. The highest BCUT2D eigenvalue weighted by molar-refractivity contribution is 6.62. The second kappa shape index (κ2) is 6.73. The highest BCUT2D eigenvalue weighted by Crippen LogP contribution is 2.41. The standard InChI is InChI=1S/C21H31BFNO4/c1-18(2,3)26-17(25)24-13-21(23)11-10-14-12-15(8-9-16(14)21)22-27-19(4,5)20(6,7)28-22/h8-9,12H,10-11,13H2,1-7H3,(H,24,25). The molecule has 0 aromatic heterocycles. The van der Waals surface area contributed by atoms with E-state index in [-0.39, 0.29) is 6.54 Å². The third-order valence-electron chi connectivity index (χ3n) is 5.84. The van der Waals surface area contributed by atoms with E-state index in [2.05, 4.69) is 5.32 Å². The second-order valence-corrected chi connectivity index (χ2v) is 9.83. The van der Waals surface area contributed by atoms with Crippen LogP contribution in [0.3, 0.4) is 0 Å². The molecule has 1 aliphatic heterocycles. The topological polar surface area (TPSA) is 56.8 Å². The van der Waals surface area contributed by atoms with E-state index in [9.17, 15) is 4.79 Å². The number of rotatable bonds is 3. The van der Waals surface area contributed by atoms with Crippen LogP contribution in [0.1, 0.15) is 66.0 Å². The monoisotopic (exact) mass is 391 g/mol. The molecule has 2 aliphatic rings. The van der Waals surface area contributed by atoms with E-state index in [4.69, 9.17) is 14.0 Å². The number of nitrogens with one attached hydrogen (secondary N) is 1. The highest BCUT2D eigenvalue weighted by Gasteiger charge is 2.52. The Labute approximate surface area is 167 Å². The van der Waals surface area contributed by atoms with Crippen molar-refractivity contribution in [3.8, 4) is 0 Å².